The summed E-state index contributed by atoms with van der Waals surface area (Å²) in [7, 11) is 0. The predicted molar refractivity (Wildman–Crippen MR) is 88.5 cm³/mol. The van der Waals surface area contributed by atoms with Gasteiger partial charge in [0.2, 0.25) is 0 Å². The van der Waals surface area contributed by atoms with Gasteiger partial charge in [-0.05, 0) is 12.1 Å². The molecule has 0 aliphatic carbocycles. The Hall–Kier alpha value is -1.92. The minimum Gasteiger partial charge on any atom is -0.372 e. The summed E-state index contributed by atoms with van der Waals surface area (Å²) < 4.78 is 7.64. The van der Waals surface area contributed by atoms with Crippen LogP contribution in [-0.4, -0.2) is 59.0 Å². The van der Waals surface area contributed by atoms with Crippen molar-refractivity contribution in [1.82, 2.24) is 19.7 Å². The van der Waals surface area contributed by atoms with Crippen molar-refractivity contribution < 1.29 is 4.74 Å². The number of para-hydroxylation sites is 1. The summed E-state index contributed by atoms with van der Waals surface area (Å²) in [5.41, 5.74) is 1.33. The van der Waals surface area contributed by atoms with E-state index in [2.05, 4.69) is 54.9 Å². The van der Waals surface area contributed by atoms with Gasteiger partial charge in [-0.25, -0.2) is 0 Å². The van der Waals surface area contributed by atoms with Crippen LogP contribution in [0.4, 0.5) is 5.69 Å². The molecule has 1 aromatic heterocycles. The molecule has 2 aliphatic heterocycles. The predicted octanol–water partition coefficient (Wildman–Crippen LogP) is 1.17. The lowest BCUT2D eigenvalue weighted by Crippen LogP contribution is -2.47. The fourth-order valence-electron chi connectivity index (χ4n) is 3.37. The molecule has 3 heterocycles. The summed E-state index contributed by atoms with van der Waals surface area (Å²) in [6.45, 7) is 7.72. The average Bonchev–Trinajstić information content (AvgIpc) is 3.04. The second kappa shape index (κ2) is 6.68. The van der Waals surface area contributed by atoms with Gasteiger partial charge in [-0.15, -0.1) is 10.2 Å². The summed E-state index contributed by atoms with van der Waals surface area (Å²) in [5.74, 6) is 2.08. The van der Waals surface area contributed by atoms with E-state index in [-0.39, 0.29) is 0 Å². The van der Waals surface area contributed by atoms with Gasteiger partial charge in [-0.2, -0.15) is 0 Å². The lowest BCUT2D eigenvalue weighted by Gasteiger charge is -2.36. The minimum atomic E-state index is 0.600. The number of anilines is 1. The number of hydrogen-bond donors (Lipinski definition) is 0. The summed E-state index contributed by atoms with van der Waals surface area (Å²) in [4.78, 5) is 4.99. The average molecular weight is 313 g/mol. The Labute approximate surface area is 136 Å². The van der Waals surface area contributed by atoms with Gasteiger partial charge < -0.3 is 14.2 Å². The molecule has 0 atom stereocenters. The zero-order valence-corrected chi connectivity index (χ0v) is 13.4. The van der Waals surface area contributed by atoms with Crippen LogP contribution in [0.5, 0.6) is 0 Å². The van der Waals surface area contributed by atoms with Crippen molar-refractivity contribution in [3.05, 3.63) is 42.0 Å². The molecule has 0 amide bonds. The molecule has 0 bridgehead atoms. The molecule has 0 unspecified atom stereocenters. The largest absolute Gasteiger partial charge is 0.372 e. The van der Waals surface area contributed by atoms with E-state index in [1.54, 1.807) is 0 Å². The summed E-state index contributed by atoms with van der Waals surface area (Å²) in [5, 5.41) is 8.57. The Morgan fingerprint density at radius 3 is 2.61 bits per heavy atom. The van der Waals surface area contributed by atoms with E-state index in [0.29, 0.717) is 6.61 Å². The number of rotatable bonds is 4. The van der Waals surface area contributed by atoms with E-state index in [1.807, 2.05) is 0 Å². The van der Waals surface area contributed by atoms with Gasteiger partial charge in [0.15, 0.2) is 5.82 Å². The van der Waals surface area contributed by atoms with Crippen molar-refractivity contribution in [1.29, 1.82) is 0 Å². The van der Waals surface area contributed by atoms with Crippen LogP contribution in [0.1, 0.15) is 11.6 Å². The third-order valence-corrected chi connectivity index (χ3v) is 4.74. The highest BCUT2D eigenvalue weighted by atomic mass is 16.5. The summed E-state index contributed by atoms with van der Waals surface area (Å²) in [6.07, 6.45) is 0.971. The van der Waals surface area contributed by atoms with E-state index in [1.165, 1.54) is 5.69 Å². The molecular formula is C17H23N5O. The number of nitrogens with zero attached hydrogens (tertiary/aromatic N) is 5. The van der Waals surface area contributed by atoms with Crippen molar-refractivity contribution in [2.75, 3.05) is 44.2 Å². The smallest absolute Gasteiger partial charge is 0.159 e. The molecule has 1 fully saturated rings. The molecule has 6 nitrogen and oxygen atoms in total. The summed E-state index contributed by atoms with van der Waals surface area (Å²) >= 11 is 0. The minimum absolute atomic E-state index is 0.600. The highest BCUT2D eigenvalue weighted by Gasteiger charge is 2.19. The Balaban J connectivity index is 1.29. The maximum Gasteiger partial charge on any atom is 0.159 e. The number of fused-ring (bicyclic) bond motifs is 1. The zero-order chi connectivity index (χ0) is 15.5. The van der Waals surface area contributed by atoms with E-state index in [0.717, 1.165) is 63.9 Å². The molecule has 2 aromatic rings. The maximum absolute atomic E-state index is 5.42. The fraction of sp³-hybridized carbons (Fsp3) is 0.529. The molecule has 0 radical (unpaired) electrons. The topological polar surface area (TPSA) is 46.4 Å². The van der Waals surface area contributed by atoms with E-state index in [9.17, 15) is 0 Å². The number of aromatic nitrogens is 3. The molecular weight excluding hydrogens is 290 g/mol. The molecule has 4 rings (SSSR count). The monoisotopic (exact) mass is 313 g/mol. The Morgan fingerprint density at radius 1 is 0.957 bits per heavy atom. The Bertz CT molecular complexity index is 634. The van der Waals surface area contributed by atoms with Gasteiger partial charge in [-0.1, -0.05) is 18.2 Å². The van der Waals surface area contributed by atoms with Crippen LogP contribution in [-0.2, 0) is 24.3 Å². The lowest BCUT2D eigenvalue weighted by molar-refractivity contribution is 0.0804. The van der Waals surface area contributed by atoms with Crippen molar-refractivity contribution in [3.63, 3.8) is 0 Å². The normalized spacial score (nSPS) is 18.9. The summed E-state index contributed by atoms with van der Waals surface area (Å²) in [6, 6.07) is 10.7. The first kappa shape index (κ1) is 14.7. The van der Waals surface area contributed by atoms with Gasteiger partial charge in [0.25, 0.3) is 0 Å². The number of hydrogen-bond acceptors (Lipinski definition) is 5. The quantitative estimate of drug-likeness (QED) is 0.848. The SMILES string of the molecule is c1ccc(N2CCN(CCc3nnc4n3CCOC4)CC2)cc1. The van der Waals surface area contributed by atoms with Gasteiger partial charge >= 0.3 is 0 Å². The maximum atomic E-state index is 5.42. The lowest BCUT2D eigenvalue weighted by atomic mass is 10.2. The van der Waals surface area contributed by atoms with Gasteiger partial charge in [0.05, 0.1) is 6.61 Å². The Morgan fingerprint density at radius 2 is 1.78 bits per heavy atom. The molecule has 1 saturated heterocycles. The molecule has 2 aliphatic rings. The molecule has 0 saturated carbocycles. The fourth-order valence-corrected chi connectivity index (χ4v) is 3.37. The van der Waals surface area contributed by atoms with Crippen molar-refractivity contribution in [2.45, 2.75) is 19.6 Å². The molecule has 23 heavy (non-hydrogen) atoms. The first-order chi connectivity index (χ1) is 11.4. The van der Waals surface area contributed by atoms with Crippen LogP contribution >= 0.6 is 0 Å². The third kappa shape index (κ3) is 3.23. The van der Waals surface area contributed by atoms with E-state index >= 15 is 0 Å². The van der Waals surface area contributed by atoms with Crippen LogP contribution in [0.3, 0.4) is 0 Å². The van der Waals surface area contributed by atoms with E-state index in [4.69, 9.17) is 4.74 Å². The Kier molecular flexibility index (Phi) is 4.26. The number of ether oxygens (including phenoxy) is 1. The number of piperazine rings is 1. The molecule has 6 heteroatoms. The van der Waals surface area contributed by atoms with Gasteiger partial charge in [0.1, 0.15) is 12.4 Å². The van der Waals surface area contributed by atoms with Crippen LogP contribution in [0, 0.1) is 0 Å². The van der Waals surface area contributed by atoms with Crippen molar-refractivity contribution in [3.8, 4) is 0 Å². The molecule has 0 spiro atoms. The van der Waals surface area contributed by atoms with Gasteiger partial charge in [0, 0.05) is 51.4 Å². The van der Waals surface area contributed by atoms with Gasteiger partial charge in [-0.3, -0.25) is 4.90 Å². The van der Waals surface area contributed by atoms with E-state index < -0.39 is 0 Å². The second-order valence-corrected chi connectivity index (χ2v) is 6.15. The van der Waals surface area contributed by atoms with Crippen LogP contribution < -0.4 is 4.90 Å². The molecule has 0 N–H and O–H groups in total. The number of benzene rings is 1. The van der Waals surface area contributed by atoms with Crippen molar-refractivity contribution in [2.24, 2.45) is 0 Å². The van der Waals surface area contributed by atoms with Crippen molar-refractivity contribution >= 4 is 5.69 Å². The first-order valence-corrected chi connectivity index (χ1v) is 8.41. The zero-order valence-electron chi connectivity index (χ0n) is 13.4. The molecule has 122 valence electrons. The highest BCUT2D eigenvalue weighted by molar-refractivity contribution is 5.46. The third-order valence-electron chi connectivity index (χ3n) is 4.74. The molecule has 1 aromatic carbocycles. The van der Waals surface area contributed by atoms with Crippen LogP contribution in [0.25, 0.3) is 0 Å². The second-order valence-electron chi connectivity index (χ2n) is 6.15. The first-order valence-electron chi connectivity index (χ1n) is 8.41. The standard InChI is InChI=1S/C17H23N5O/c1-2-4-15(5-3-1)21-10-8-20(9-11-21)7-6-16-18-19-17-14-23-13-12-22(16)17/h1-5H,6-14H2. The van der Waals surface area contributed by atoms with Crippen LogP contribution in [0.15, 0.2) is 30.3 Å². The highest BCUT2D eigenvalue weighted by Crippen LogP contribution is 2.16. The van der Waals surface area contributed by atoms with Crippen LogP contribution in [0.2, 0.25) is 0 Å².